The molecule has 1 N–H and O–H groups in total. The predicted octanol–water partition coefficient (Wildman–Crippen LogP) is 5.30. The van der Waals surface area contributed by atoms with Crippen molar-refractivity contribution in [2.45, 2.75) is 38.3 Å². The summed E-state index contributed by atoms with van der Waals surface area (Å²) in [6.45, 7) is 0.322. The fourth-order valence-corrected chi connectivity index (χ4v) is 4.15. The van der Waals surface area contributed by atoms with Crippen LogP contribution >= 0.6 is 23.2 Å². The molecule has 0 radical (unpaired) electrons. The highest BCUT2D eigenvalue weighted by molar-refractivity contribution is 6.35. The van der Waals surface area contributed by atoms with Gasteiger partial charge in [0.25, 0.3) is 5.91 Å². The van der Waals surface area contributed by atoms with E-state index in [4.69, 9.17) is 28.3 Å². The summed E-state index contributed by atoms with van der Waals surface area (Å²) in [4.78, 5) is 16.9. The molecule has 1 amide bonds. The van der Waals surface area contributed by atoms with Gasteiger partial charge in [-0.1, -0.05) is 42.1 Å². The lowest BCUT2D eigenvalue weighted by atomic mass is 10.2. The highest BCUT2D eigenvalue weighted by Crippen LogP contribution is 2.33. The standard InChI is InChI=1S/C21H20Cl2N4O/c22-15-9-14(10-16(23)11-15)21(28)25-13-17-12-20(19-7-3-4-8-24-19)27(26-17)18-5-1-2-6-18/h3-4,7-12,18H,1-2,5-6,13H2,(H,25,28). The van der Waals surface area contributed by atoms with Gasteiger partial charge in [-0.3, -0.25) is 14.5 Å². The molecular weight excluding hydrogens is 395 g/mol. The zero-order valence-electron chi connectivity index (χ0n) is 15.2. The lowest BCUT2D eigenvalue weighted by Crippen LogP contribution is -2.23. The molecule has 1 saturated carbocycles. The lowest BCUT2D eigenvalue weighted by Gasteiger charge is -2.13. The molecule has 2 heterocycles. The summed E-state index contributed by atoms with van der Waals surface area (Å²) in [5, 5.41) is 8.54. The van der Waals surface area contributed by atoms with E-state index < -0.39 is 0 Å². The van der Waals surface area contributed by atoms with E-state index in [9.17, 15) is 4.79 Å². The van der Waals surface area contributed by atoms with Crippen LogP contribution in [-0.4, -0.2) is 20.7 Å². The lowest BCUT2D eigenvalue weighted by molar-refractivity contribution is 0.0950. The number of carbonyl (C=O) groups excluding carboxylic acids is 1. The van der Waals surface area contributed by atoms with Gasteiger partial charge < -0.3 is 5.32 Å². The topological polar surface area (TPSA) is 59.8 Å². The minimum Gasteiger partial charge on any atom is -0.346 e. The first-order chi connectivity index (χ1) is 13.6. The van der Waals surface area contributed by atoms with Crippen LogP contribution in [0.2, 0.25) is 10.0 Å². The van der Waals surface area contributed by atoms with Crippen molar-refractivity contribution in [3.05, 3.63) is 70.0 Å². The molecule has 2 aromatic heterocycles. The van der Waals surface area contributed by atoms with E-state index in [1.165, 1.54) is 12.8 Å². The number of hydrogen-bond donors (Lipinski definition) is 1. The Bertz CT molecular complexity index is 961. The Morgan fingerprint density at radius 3 is 2.54 bits per heavy atom. The maximum absolute atomic E-state index is 12.5. The second-order valence-corrected chi connectivity index (χ2v) is 7.83. The second kappa shape index (κ2) is 8.33. The van der Waals surface area contributed by atoms with E-state index in [0.29, 0.717) is 28.2 Å². The van der Waals surface area contributed by atoms with E-state index in [-0.39, 0.29) is 5.91 Å². The largest absolute Gasteiger partial charge is 0.346 e. The van der Waals surface area contributed by atoms with Gasteiger partial charge >= 0.3 is 0 Å². The number of pyridine rings is 1. The molecule has 1 fully saturated rings. The summed E-state index contributed by atoms with van der Waals surface area (Å²) in [6, 6.07) is 13.0. The van der Waals surface area contributed by atoms with Crippen molar-refractivity contribution in [2.75, 3.05) is 0 Å². The van der Waals surface area contributed by atoms with E-state index in [0.717, 1.165) is 29.9 Å². The average molecular weight is 415 g/mol. The maximum Gasteiger partial charge on any atom is 0.251 e. The quantitative estimate of drug-likeness (QED) is 0.616. The molecule has 1 aliphatic rings. The highest BCUT2D eigenvalue weighted by atomic mass is 35.5. The van der Waals surface area contributed by atoms with Crippen LogP contribution in [-0.2, 0) is 6.54 Å². The van der Waals surface area contributed by atoms with Crippen LogP contribution in [0.3, 0.4) is 0 Å². The fourth-order valence-electron chi connectivity index (χ4n) is 3.62. The van der Waals surface area contributed by atoms with Crippen LogP contribution in [0, 0.1) is 0 Å². The smallest absolute Gasteiger partial charge is 0.251 e. The Morgan fingerprint density at radius 2 is 1.86 bits per heavy atom. The summed E-state index contributed by atoms with van der Waals surface area (Å²) in [6.07, 6.45) is 6.45. The molecule has 0 bridgehead atoms. The van der Waals surface area contributed by atoms with E-state index in [1.807, 2.05) is 24.3 Å². The van der Waals surface area contributed by atoms with Gasteiger partial charge in [-0.2, -0.15) is 5.10 Å². The van der Waals surface area contributed by atoms with Crippen LogP contribution in [0.4, 0.5) is 0 Å². The first-order valence-corrected chi connectivity index (χ1v) is 10.1. The zero-order valence-corrected chi connectivity index (χ0v) is 16.7. The van der Waals surface area contributed by atoms with Crippen molar-refractivity contribution >= 4 is 29.1 Å². The van der Waals surface area contributed by atoms with Gasteiger partial charge in [-0.05, 0) is 49.2 Å². The molecular formula is C21H20Cl2N4O. The third-order valence-electron chi connectivity index (χ3n) is 4.94. The number of nitrogens with zero attached hydrogens (tertiary/aromatic N) is 3. The molecule has 0 spiro atoms. The van der Waals surface area contributed by atoms with Crippen molar-refractivity contribution < 1.29 is 4.79 Å². The Hall–Kier alpha value is -2.37. The molecule has 0 atom stereocenters. The first kappa shape index (κ1) is 19.0. The minimum absolute atomic E-state index is 0.237. The normalized spacial score (nSPS) is 14.4. The third-order valence-corrected chi connectivity index (χ3v) is 5.38. The molecule has 7 heteroatoms. The van der Waals surface area contributed by atoms with Crippen molar-refractivity contribution in [3.63, 3.8) is 0 Å². The van der Waals surface area contributed by atoms with E-state index >= 15 is 0 Å². The zero-order chi connectivity index (χ0) is 19.5. The summed E-state index contributed by atoms with van der Waals surface area (Å²) < 4.78 is 2.08. The van der Waals surface area contributed by atoms with Crippen molar-refractivity contribution in [1.29, 1.82) is 0 Å². The summed E-state index contributed by atoms with van der Waals surface area (Å²) in [5.41, 5.74) is 3.11. The van der Waals surface area contributed by atoms with Crippen LogP contribution in [0.5, 0.6) is 0 Å². The van der Waals surface area contributed by atoms with Gasteiger partial charge in [0.15, 0.2) is 0 Å². The number of aromatic nitrogens is 3. The Kier molecular flexibility index (Phi) is 5.64. The molecule has 144 valence electrons. The average Bonchev–Trinajstić information content (AvgIpc) is 3.35. The van der Waals surface area contributed by atoms with E-state index in [1.54, 1.807) is 24.4 Å². The fraction of sp³-hybridized carbons (Fsp3) is 0.286. The van der Waals surface area contributed by atoms with Gasteiger partial charge in [-0.25, -0.2) is 0 Å². The summed E-state index contributed by atoms with van der Waals surface area (Å²) >= 11 is 12.0. The van der Waals surface area contributed by atoms with Gasteiger partial charge in [0, 0.05) is 21.8 Å². The van der Waals surface area contributed by atoms with Gasteiger partial charge in [-0.15, -0.1) is 0 Å². The first-order valence-electron chi connectivity index (χ1n) is 9.34. The second-order valence-electron chi connectivity index (χ2n) is 6.96. The molecule has 5 nitrogen and oxygen atoms in total. The van der Waals surface area contributed by atoms with Crippen molar-refractivity contribution in [1.82, 2.24) is 20.1 Å². The van der Waals surface area contributed by atoms with Gasteiger partial charge in [0.2, 0.25) is 0 Å². The maximum atomic E-state index is 12.5. The van der Waals surface area contributed by atoms with Gasteiger partial charge in [0.1, 0.15) is 0 Å². The van der Waals surface area contributed by atoms with Gasteiger partial charge in [0.05, 0.1) is 29.7 Å². The monoisotopic (exact) mass is 414 g/mol. The van der Waals surface area contributed by atoms with Crippen LogP contribution < -0.4 is 5.32 Å². The highest BCUT2D eigenvalue weighted by Gasteiger charge is 2.22. The molecule has 4 rings (SSSR count). The summed E-state index contributed by atoms with van der Waals surface area (Å²) in [5.74, 6) is -0.237. The van der Waals surface area contributed by atoms with E-state index in [2.05, 4.69) is 15.0 Å². The number of halogens is 2. The number of nitrogens with one attached hydrogen (secondary N) is 1. The number of rotatable bonds is 5. The molecule has 1 aromatic carbocycles. The number of hydrogen-bond acceptors (Lipinski definition) is 3. The number of benzene rings is 1. The predicted molar refractivity (Wildman–Crippen MR) is 111 cm³/mol. The molecule has 0 saturated heterocycles. The summed E-state index contributed by atoms with van der Waals surface area (Å²) in [7, 11) is 0. The molecule has 0 aliphatic heterocycles. The number of carbonyl (C=O) groups is 1. The Morgan fingerprint density at radius 1 is 1.11 bits per heavy atom. The Labute approximate surface area is 173 Å². The number of amides is 1. The third kappa shape index (κ3) is 4.21. The molecule has 1 aliphatic carbocycles. The molecule has 3 aromatic rings. The van der Waals surface area contributed by atoms with Crippen LogP contribution in [0.15, 0.2) is 48.7 Å². The van der Waals surface area contributed by atoms with Crippen molar-refractivity contribution in [2.24, 2.45) is 0 Å². The van der Waals surface area contributed by atoms with Crippen molar-refractivity contribution in [3.8, 4) is 11.4 Å². The van der Waals surface area contributed by atoms with Crippen LogP contribution in [0.25, 0.3) is 11.4 Å². The Balaban J connectivity index is 1.55. The molecule has 0 unspecified atom stereocenters. The molecule has 28 heavy (non-hydrogen) atoms. The SMILES string of the molecule is O=C(NCc1cc(-c2ccccn2)n(C2CCCC2)n1)c1cc(Cl)cc(Cl)c1. The minimum atomic E-state index is -0.237. The van der Waals surface area contributed by atoms with Crippen LogP contribution in [0.1, 0.15) is 47.8 Å².